The molecule has 11 nitrogen and oxygen atoms in total. The number of aromatic nitrogens is 5. The van der Waals surface area contributed by atoms with Gasteiger partial charge in [-0.3, -0.25) is 14.3 Å². The first kappa shape index (κ1) is 23.9. The standard InChI is InChI=1S/C23H23FN8O3S2/c1-37(34)14-4-5-16(15(24)13-14)30-9-6-29(7-10-30)8-11-31-20-18(36-23(31)33)21-26-19(17-3-2-12-35-17)28-32(21)22(25)27-20/h2-5,12-13H,6-11H2,1H3,(H2,25,27)/t37-/m1/s1. The molecule has 0 amide bonds. The molecule has 1 atom stereocenters. The van der Waals surface area contributed by atoms with Gasteiger partial charge in [-0.05, 0) is 35.4 Å². The van der Waals surface area contributed by atoms with Crippen molar-refractivity contribution in [2.45, 2.75) is 11.4 Å². The molecule has 0 bridgehead atoms. The Labute approximate surface area is 217 Å². The van der Waals surface area contributed by atoms with E-state index in [1.54, 1.807) is 28.8 Å². The van der Waals surface area contributed by atoms with Crippen LogP contribution in [-0.4, -0.2) is 72.6 Å². The number of hydrogen-bond acceptors (Lipinski definition) is 10. The van der Waals surface area contributed by atoms with Crippen LogP contribution in [0.5, 0.6) is 0 Å². The highest BCUT2D eigenvalue weighted by Gasteiger charge is 2.23. The highest BCUT2D eigenvalue weighted by atomic mass is 32.2. The zero-order chi connectivity index (χ0) is 25.7. The number of nitrogens with zero attached hydrogens (tertiary/aromatic N) is 7. The zero-order valence-corrected chi connectivity index (χ0v) is 21.5. The number of thiazole rings is 1. The van der Waals surface area contributed by atoms with E-state index in [2.05, 4.69) is 20.0 Å². The van der Waals surface area contributed by atoms with Gasteiger partial charge in [-0.25, -0.2) is 9.37 Å². The second-order valence-electron chi connectivity index (χ2n) is 8.69. The van der Waals surface area contributed by atoms with Crippen LogP contribution in [0.2, 0.25) is 0 Å². The van der Waals surface area contributed by atoms with Gasteiger partial charge in [0.1, 0.15) is 11.0 Å². The molecule has 1 aromatic carbocycles. The Morgan fingerprint density at radius 2 is 1.97 bits per heavy atom. The Morgan fingerprint density at radius 3 is 2.68 bits per heavy atom. The van der Waals surface area contributed by atoms with Gasteiger partial charge >= 0.3 is 4.87 Å². The Balaban J connectivity index is 1.18. The van der Waals surface area contributed by atoms with E-state index < -0.39 is 11.2 Å². The van der Waals surface area contributed by atoms with E-state index in [0.29, 0.717) is 77.4 Å². The van der Waals surface area contributed by atoms with Gasteiger partial charge in [0, 0.05) is 45.3 Å². The number of benzene rings is 1. The molecule has 1 aliphatic rings. The van der Waals surface area contributed by atoms with Crippen LogP contribution in [0.25, 0.3) is 27.6 Å². The van der Waals surface area contributed by atoms with Crippen molar-refractivity contribution in [3.8, 4) is 11.6 Å². The molecule has 0 saturated carbocycles. The van der Waals surface area contributed by atoms with Crippen molar-refractivity contribution >= 4 is 50.1 Å². The maximum absolute atomic E-state index is 14.6. The minimum atomic E-state index is -1.22. The highest BCUT2D eigenvalue weighted by Crippen LogP contribution is 2.26. The second-order valence-corrected chi connectivity index (χ2v) is 11.0. The van der Waals surface area contributed by atoms with Crippen molar-refractivity contribution in [1.82, 2.24) is 29.0 Å². The molecular formula is C23H23FN8O3S2. The zero-order valence-electron chi connectivity index (χ0n) is 19.8. The minimum absolute atomic E-state index is 0.132. The minimum Gasteiger partial charge on any atom is -0.612 e. The van der Waals surface area contributed by atoms with Crippen molar-refractivity contribution in [3.63, 3.8) is 0 Å². The van der Waals surface area contributed by atoms with E-state index in [9.17, 15) is 13.7 Å². The molecule has 14 heteroatoms. The number of hydrogen-bond donors (Lipinski definition) is 1. The van der Waals surface area contributed by atoms with Gasteiger partial charge in [0.2, 0.25) is 11.8 Å². The second kappa shape index (κ2) is 9.45. The van der Waals surface area contributed by atoms with Crippen molar-refractivity contribution in [2.24, 2.45) is 0 Å². The number of nitrogens with two attached hydrogens (primary N) is 1. The highest BCUT2D eigenvalue weighted by molar-refractivity contribution is 7.90. The predicted octanol–water partition coefficient (Wildman–Crippen LogP) is 2.04. The maximum atomic E-state index is 14.6. The first-order chi connectivity index (χ1) is 17.9. The molecular weight excluding hydrogens is 519 g/mol. The third-order valence-electron chi connectivity index (χ3n) is 6.46. The SMILES string of the molecule is C[S@@+]([O-])c1ccc(N2CCN(CCn3c(=O)sc4c3nc(N)n3nc(-c5ccco5)nc43)CC2)c(F)c1. The number of rotatable bonds is 6. The lowest BCUT2D eigenvalue weighted by Crippen LogP contribution is -2.47. The van der Waals surface area contributed by atoms with E-state index in [1.807, 2.05) is 4.90 Å². The lowest BCUT2D eigenvalue weighted by Gasteiger charge is -2.36. The van der Waals surface area contributed by atoms with E-state index in [0.717, 1.165) is 11.3 Å². The summed E-state index contributed by atoms with van der Waals surface area (Å²) in [5.41, 5.74) is 7.61. The molecule has 1 fully saturated rings. The fourth-order valence-corrected chi connectivity index (χ4v) is 5.97. The molecule has 1 aliphatic heterocycles. The Hall–Kier alpha value is -3.46. The van der Waals surface area contributed by atoms with Gasteiger partial charge < -0.3 is 19.6 Å². The van der Waals surface area contributed by atoms with Gasteiger partial charge in [-0.15, -0.1) is 5.10 Å². The van der Waals surface area contributed by atoms with Crippen LogP contribution in [0.3, 0.4) is 0 Å². The number of furan rings is 1. The van der Waals surface area contributed by atoms with Crippen molar-refractivity contribution in [1.29, 1.82) is 0 Å². The molecule has 2 N–H and O–H groups in total. The van der Waals surface area contributed by atoms with Crippen molar-refractivity contribution in [2.75, 3.05) is 49.6 Å². The van der Waals surface area contributed by atoms with E-state index >= 15 is 0 Å². The summed E-state index contributed by atoms with van der Waals surface area (Å²) < 4.78 is 35.2. The lowest BCUT2D eigenvalue weighted by atomic mass is 10.2. The average molecular weight is 543 g/mol. The van der Waals surface area contributed by atoms with Crippen molar-refractivity contribution in [3.05, 3.63) is 52.1 Å². The summed E-state index contributed by atoms with van der Waals surface area (Å²) in [4.78, 5) is 26.4. The van der Waals surface area contributed by atoms with E-state index in [-0.39, 0.29) is 16.6 Å². The molecule has 5 aromatic rings. The molecule has 0 unspecified atom stereocenters. The summed E-state index contributed by atoms with van der Waals surface area (Å²) >= 11 is -0.161. The summed E-state index contributed by atoms with van der Waals surface area (Å²) in [6.07, 6.45) is 3.07. The quantitative estimate of drug-likeness (QED) is 0.320. The van der Waals surface area contributed by atoms with Crippen LogP contribution in [-0.2, 0) is 17.7 Å². The molecule has 5 heterocycles. The van der Waals surface area contributed by atoms with Gasteiger partial charge in [0.05, 0.1) is 12.0 Å². The topological polar surface area (TPSA) is 134 Å². The molecule has 0 aliphatic carbocycles. The van der Waals surface area contributed by atoms with Crippen molar-refractivity contribution < 1.29 is 13.4 Å². The Kier molecular flexibility index (Phi) is 6.10. The summed E-state index contributed by atoms with van der Waals surface area (Å²) in [6.45, 7) is 3.79. The third kappa shape index (κ3) is 4.35. The van der Waals surface area contributed by atoms with E-state index in [4.69, 9.17) is 10.2 Å². The third-order valence-corrected chi connectivity index (χ3v) is 8.34. The van der Waals surface area contributed by atoms with Gasteiger partial charge in [0.25, 0.3) is 0 Å². The fraction of sp³-hybridized carbons (Fsp3) is 0.304. The smallest absolute Gasteiger partial charge is 0.309 e. The first-order valence-corrected chi connectivity index (χ1v) is 14.0. The van der Waals surface area contributed by atoms with Gasteiger partial charge in [-0.2, -0.15) is 9.50 Å². The number of halogens is 1. The van der Waals surface area contributed by atoms with E-state index in [1.165, 1.54) is 23.1 Å². The normalized spacial score (nSPS) is 15.7. The van der Waals surface area contributed by atoms with Gasteiger partial charge in [-0.1, -0.05) is 11.3 Å². The average Bonchev–Trinajstić information content (AvgIpc) is 3.62. The molecule has 0 spiro atoms. The summed E-state index contributed by atoms with van der Waals surface area (Å²) in [6, 6.07) is 8.23. The first-order valence-electron chi connectivity index (χ1n) is 11.6. The lowest BCUT2D eigenvalue weighted by molar-refractivity contribution is 0.248. The van der Waals surface area contributed by atoms with Crippen LogP contribution >= 0.6 is 11.3 Å². The largest absolute Gasteiger partial charge is 0.612 e. The monoisotopic (exact) mass is 542 g/mol. The van der Waals surface area contributed by atoms with Crippen LogP contribution in [0.15, 0.2) is 50.7 Å². The number of anilines is 2. The van der Waals surface area contributed by atoms with Gasteiger partial charge in [0.15, 0.2) is 27.8 Å². The summed E-state index contributed by atoms with van der Waals surface area (Å²) in [5, 5.41) is 4.38. The van der Waals surface area contributed by atoms with Crippen LogP contribution in [0.4, 0.5) is 16.0 Å². The van der Waals surface area contributed by atoms with Crippen LogP contribution in [0.1, 0.15) is 0 Å². The summed E-state index contributed by atoms with van der Waals surface area (Å²) in [7, 11) is 0. The number of nitrogen functional groups attached to an aromatic ring is 1. The molecule has 4 aromatic heterocycles. The Bertz CT molecular complexity index is 1640. The molecule has 0 radical (unpaired) electrons. The fourth-order valence-electron chi connectivity index (χ4n) is 4.51. The number of fused-ring (bicyclic) bond motifs is 3. The molecule has 6 rings (SSSR count). The molecule has 37 heavy (non-hydrogen) atoms. The summed E-state index contributed by atoms with van der Waals surface area (Å²) in [5.74, 6) is 0.632. The molecule has 1 saturated heterocycles. The Morgan fingerprint density at radius 1 is 1.16 bits per heavy atom. The van der Waals surface area contributed by atoms with Crippen LogP contribution in [0, 0.1) is 5.82 Å². The van der Waals surface area contributed by atoms with Crippen LogP contribution < -0.4 is 15.5 Å². The predicted molar refractivity (Wildman–Crippen MR) is 140 cm³/mol. The molecule has 192 valence electrons. The number of piperazine rings is 1. The maximum Gasteiger partial charge on any atom is 0.309 e.